The second-order valence-electron chi connectivity index (χ2n) is 26.2. The molecule has 3 saturated heterocycles. The summed E-state index contributed by atoms with van der Waals surface area (Å²) in [6.07, 6.45) is 4.62. The lowest BCUT2D eigenvalue weighted by Gasteiger charge is -2.38. The maximum Gasteiger partial charge on any atom is 0.343 e. The number of rotatable bonds is 38. The van der Waals surface area contributed by atoms with Crippen LogP contribution in [0, 0.1) is 0 Å². The Kier molecular flexibility index (Phi) is 22.4. The lowest BCUT2D eigenvalue weighted by molar-refractivity contribution is -0.0755. The van der Waals surface area contributed by atoms with Gasteiger partial charge < -0.3 is 66.7 Å². The standard InChI is InChI=1S/C67H91N3O16S/c1-14-27-70(61-69-52-18-15-16-19-58(52)87-61)68-34-48-31-45(20-23-53(48)84-60(73)47-21-24-54(78-43-66(10,11)80-29-17-28-71)56(32-47)79-44-67(12,13)83-40-51-37-77-51)26-30-74-59(72)46-22-25-55(85-64(6,7)41-62(2,3)81-38-49-35-75-49)57(33-46)86-65(8,9)42-63(4,5)82-39-50-36-76-50/h15-16,18-25,31-34,49-51,71H,14,17,26-30,35-44H2,1-13H3/b68-34+. The van der Waals surface area contributed by atoms with E-state index in [-0.39, 0.29) is 61.6 Å². The molecule has 0 aliphatic carbocycles. The van der Waals surface area contributed by atoms with Gasteiger partial charge in [-0.2, -0.15) is 5.10 Å². The number of hydrazone groups is 1. The van der Waals surface area contributed by atoms with Gasteiger partial charge in [0.25, 0.3) is 0 Å². The smallest absolute Gasteiger partial charge is 0.343 e. The quantitative estimate of drug-likeness (QED) is 0.00971. The molecule has 4 heterocycles. The molecule has 4 aromatic carbocycles. The van der Waals surface area contributed by atoms with Gasteiger partial charge in [-0.3, -0.25) is 0 Å². The zero-order valence-electron chi connectivity index (χ0n) is 53.2. The number of fused-ring (bicyclic) bond motifs is 1. The van der Waals surface area contributed by atoms with Crippen molar-refractivity contribution in [2.75, 3.05) is 84.2 Å². The van der Waals surface area contributed by atoms with Crippen LogP contribution in [0.4, 0.5) is 5.13 Å². The van der Waals surface area contributed by atoms with E-state index >= 15 is 0 Å². The number of aliphatic hydroxyl groups is 1. The summed E-state index contributed by atoms with van der Waals surface area (Å²) in [5, 5.41) is 16.8. The molecule has 3 aliphatic heterocycles. The first-order valence-electron chi connectivity index (χ1n) is 30.3. The number of aliphatic hydroxyl groups excluding tert-OH is 1. The Morgan fingerprint density at radius 2 is 1.17 bits per heavy atom. The highest BCUT2D eigenvalue weighted by Crippen LogP contribution is 2.40. The summed E-state index contributed by atoms with van der Waals surface area (Å²) in [6, 6.07) is 23.3. The minimum atomic E-state index is -0.765. The monoisotopic (exact) mass is 1230 g/mol. The lowest BCUT2D eigenvalue weighted by Crippen LogP contribution is -2.41. The molecule has 0 spiro atoms. The first-order chi connectivity index (χ1) is 41.2. The molecule has 19 nitrogen and oxygen atoms in total. The number of carbonyl (C=O) groups excluding carboxylic acids is 2. The fourth-order valence-electron chi connectivity index (χ4n) is 9.90. The highest BCUT2D eigenvalue weighted by Gasteiger charge is 2.38. The first kappa shape index (κ1) is 67.0. The molecule has 5 aromatic rings. The van der Waals surface area contributed by atoms with Crippen molar-refractivity contribution in [1.29, 1.82) is 0 Å². The van der Waals surface area contributed by atoms with Gasteiger partial charge in [-0.05, 0) is 162 Å². The van der Waals surface area contributed by atoms with E-state index in [1.807, 2.05) is 124 Å². The number of aromatic nitrogens is 1. The predicted octanol–water partition coefficient (Wildman–Crippen LogP) is 11.8. The third kappa shape index (κ3) is 22.0. The van der Waals surface area contributed by atoms with E-state index in [1.165, 1.54) is 11.3 Å². The van der Waals surface area contributed by atoms with Crippen molar-refractivity contribution in [1.82, 2.24) is 4.98 Å². The lowest BCUT2D eigenvalue weighted by atomic mass is 9.91. The van der Waals surface area contributed by atoms with Gasteiger partial charge in [0.15, 0.2) is 23.0 Å². The number of hydrogen-bond acceptors (Lipinski definition) is 20. The van der Waals surface area contributed by atoms with Gasteiger partial charge in [0.05, 0.1) is 96.2 Å². The third-order valence-corrected chi connectivity index (χ3v) is 15.2. The van der Waals surface area contributed by atoms with Crippen molar-refractivity contribution in [3.05, 3.63) is 101 Å². The first-order valence-corrected chi connectivity index (χ1v) is 31.1. The molecule has 8 rings (SSSR count). The SMILES string of the molecule is CCCN(/N=C/c1cc(CCOC(=O)c2ccc(OC(C)(C)CC(C)(C)OCC3CO3)c(OC(C)(C)CC(C)(C)OCC3CO3)c2)ccc1OC(=O)c1ccc(OCC(C)(C)OCCCO)c(OCC(C)(C)OCC2CO2)c1)c1nc2ccccc2s1. The van der Waals surface area contributed by atoms with Crippen molar-refractivity contribution in [3.63, 3.8) is 0 Å². The number of benzene rings is 4. The maximum absolute atomic E-state index is 14.4. The molecule has 3 atom stereocenters. The molecule has 476 valence electrons. The number of thiazole rings is 1. The normalized spacial score (nSPS) is 17.1. The van der Waals surface area contributed by atoms with Gasteiger partial charge >= 0.3 is 11.9 Å². The van der Waals surface area contributed by atoms with E-state index in [1.54, 1.807) is 48.7 Å². The van der Waals surface area contributed by atoms with Gasteiger partial charge in [0.1, 0.15) is 48.5 Å². The summed E-state index contributed by atoms with van der Waals surface area (Å²) >= 11 is 1.53. The van der Waals surface area contributed by atoms with Crippen molar-refractivity contribution in [2.45, 2.75) is 174 Å². The van der Waals surface area contributed by atoms with Crippen molar-refractivity contribution < 1.29 is 76.3 Å². The van der Waals surface area contributed by atoms with Gasteiger partial charge in [-0.1, -0.05) is 36.5 Å². The summed E-state index contributed by atoms with van der Waals surface area (Å²) < 4.78 is 80.2. The van der Waals surface area contributed by atoms with Crippen LogP contribution < -0.4 is 28.7 Å². The summed E-state index contributed by atoms with van der Waals surface area (Å²) in [4.78, 5) is 33.3. The number of nitrogens with zero attached hydrogens (tertiary/aromatic N) is 3. The second-order valence-corrected chi connectivity index (χ2v) is 27.2. The Bertz CT molecular complexity index is 3070. The highest BCUT2D eigenvalue weighted by molar-refractivity contribution is 7.22. The Labute approximate surface area is 517 Å². The third-order valence-electron chi connectivity index (χ3n) is 14.1. The molecule has 87 heavy (non-hydrogen) atoms. The molecular formula is C67H91N3O16S. The van der Waals surface area contributed by atoms with Crippen LogP contribution in [-0.4, -0.2) is 159 Å². The highest BCUT2D eigenvalue weighted by atomic mass is 32.1. The van der Waals surface area contributed by atoms with Gasteiger partial charge in [-0.25, -0.2) is 19.6 Å². The van der Waals surface area contributed by atoms with Crippen LogP contribution >= 0.6 is 11.3 Å². The van der Waals surface area contributed by atoms with Crippen LogP contribution in [0.5, 0.6) is 28.7 Å². The summed E-state index contributed by atoms with van der Waals surface area (Å²) in [7, 11) is 0. The Morgan fingerprint density at radius 1 is 0.632 bits per heavy atom. The average molecular weight is 1230 g/mol. The van der Waals surface area contributed by atoms with Crippen LogP contribution in [0.3, 0.4) is 0 Å². The van der Waals surface area contributed by atoms with E-state index in [9.17, 15) is 14.7 Å². The van der Waals surface area contributed by atoms with Crippen molar-refractivity contribution in [2.24, 2.45) is 5.10 Å². The van der Waals surface area contributed by atoms with Crippen LogP contribution in [0.2, 0.25) is 0 Å². The van der Waals surface area contributed by atoms with Crippen molar-refractivity contribution >= 4 is 44.8 Å². The molecule has 0 radical (unpaired) electrons. The molecule has 0 amide bonds. The predicted molar refractivity (Wildman–Crippen MR) is 334 cm³/mol. The molecule has 3 fully saturated rings. The number of anilines is 1. The van der Waals surface area contributed by atoms with E-state index in [4.69, 9.17) is 71.7 Å². The number of epoxide rings is 3. The van der Waals surface area contributed by atoms with Gasteiger partial charge in [0.2, 0.25) is 5.13 Å². The van der Waals surface area contributed by atoms with E-state index in [0.717, 1.165) is 22.2 Å². The molecule has 3 unspecified atom stereocenters. The average Bonchev–Trinajstić information content (AvgIpc) is 3.07. The second kappa shape index (κ2) is 29.1. The molecule has 20 heteroatoms. The van der Waals surface area contributed by atoms with Crippen molar-refractivity contribution in [3.8, 4) is 28.7 Å². The number of esters is 2. The Morgan fingerprint density at radius 3 is 1.77 bits per heavy atom. The van der Waals surface area contributed by atoms with E-state index < -0.39 is 45.5 Å². The minimum Gasteiger partial charge on any atom is -0.487 e. The molecule has 1 N–H and O–H groups in total. The summed E-state index contributed by atoms with van der Waals surface area (Å²) in [6.45, 7) is 30.6. The molecule has 0 bridgehead atoms. The van der Waals surface area contributed by atoms with Crippen LogP contribution in [-0.2, 0) is 44.3 Å². The van der Waals surface area contributed by atoms with Crippen LogP contribution in [0.15, 0.2) is 84.0 Å². The Hall–Kier alpha value is -5.94. The maximum atomic E-state index is 14.4. The van der Waals surface area contributed by atoms with E-state index in [0.29, 0.717) is 112 Å². The van der Waals surface area contributed by atoms with Crippen LogP contribution in [0.25, 0.3) is 10.2 Å². The van der Waals surface area contributed by atoms with Gasteiger partial charge in [0, 0.05) is 44.6 Å². The molecular weight excluding hydrogens is 1130 g/mol. The largest absolute Gasteiger partial charge is 0.487 e. The zero-order valence-corrected chi connectivity index (χ0v) is 54.0. The topological polar surface area (TPSA) is 213 Å². The van der Waals surface area contributed by atoms with Crippen LogP contribution in [0.1, 0.15) is 148 Å². The number of hydrogen-bond donors (Lipinski definition) is 1. The minimum absolute atomic E-state index is 0.0145. The fourth-order valence-corrected chi connectivity index (χ4v) is 10.9. The number of carbonyl (C=O) groups is 2. The van der Waals surface area contributed by atoms with E-state index in [2.05, 4.69) is 6.92 Å². The number of ether oxygens (including phenoxy) is 13. The molecule has 3 aliphatic rings. The molecule has 0 saturated carbocycles. The summed E-state index contributed by atoms with van der Waals surface area (Å²) in [5.74, 6) is 0.577. The van der Waals surface area contributed by atoms with Gasteiger partial charge in [-0.15, -0.1) is 0 Å². The molecule has 1 aromatic heterocycles. The Balaban J connectivity index is 1.02. The zero-order chi connectivity index (χ0) is 62.6. The fraction of sp³-hybridized carbons (Fsp3) is 0.582. The summed E-state index contributed by atoms with van der Waals surface area (Å²) in [5.41, 5.74) is -1.30. The number of para-hydroxylation sites is 1.